The number of likely N-dealkylation sites (tertiary alicyclic amines) is 1. The number of aryl methyl sites for hydroxylation is 1. The lowest BCUT2D eigenvalue weighted by Crippen LogP contribution is -2.57. The van der Waals surface area contributed by atoms with Gasteiger partial charge in [0.15, 0.2) is 5.13 Å². The summed E-state index contributed by atoms with van der Waals surface area (Å²) in [7, 11) is 1.92. The van der Waals surface area contributed by atoms with Crippen LogP contribution < -0.4 is 9.80 Å². The van der Waals surface area contributed by atoms with Crippen LogP contribution in [0.2, 0.25) is 0 Å². The molecular formula is C32H29FN8OS. The standard InChI is InChI=1S/C32H29FN8OS/c1-3-25-30(38(2)32-37-29(26(15-34)43-32)20-5-9-24(33)10-6-20)41-19-22(8-12-28(41)36-25)21-7-11-27(35-16-21)40-17-23(18-40)31(42)39-13-4-14-39/h5-12,16,19,23H,3-4,13-14,17-18H2,1-2H3. The molecule has 5 aromatic rings. The molecular weight excluding hydrogens is 563 g/mol. The summed E-state index contributed by atoms with van der Waals surface area (Å²) in [5.41, 5.74) is 4.90. The quantitative estimate of drug-likeness (QED) is 0.245. The van der Waals surface area contributed by atoms with Crippen molar-refractivity contribution in [2.24, 2.45) is 5.92 Å². The Morgan fingerprint density at radius 3 is 2.47 bits per heavy atom. The molecule has 0 atom stereocenters. The van der Waals surface area contributed by atoms with Crippen molar-refractivity contribution >= 4 is 39.7 Å². The molecule has 7 rings (SSSR count). The fourth-order valence-corrected chi connectivity index (χ4v) is 6.48. The predicted octanol–water partition coefficient (Wildman–Crippen LogP) is 5.53. The summed E-state index contributed by atoms with van der Waals surface area (Å²) in [6.07, 6.45) is 5.75. The van der Waals surface area contributed by atoms with Gasteiger partial charge in [-0.2, -0.15) is 5.26 Å². The number of aromatic nitrogens is 4. The predicted molar refractivity (Wildman–Crippen MR) is 165 cm³/mol. The van der Waals surface area contributed by atoms with E-state index in [4.69, 9.17) is 15.0 Å². The number of hydrogen-bond acceptors (Lipinski definition) is 8. The van der Waals surface area contributed by atoms with Gasteiger partial charge in [-0.15, -0.1) is 0 Å². The lowest BCUT2D eigenvalue weighted by Gasteiger charge is -2.43. The maximum atomic E-state index is 13.5. The van der Waals surface area contributed by atoms with Crippen LogP contribution in [0.1, 0.15) is 23.9 Å². The van der Waals surface area contributed by atoms with Crippen molar-refractivity contribution in [3.8, 4) is 28.5 Å². The molecule has 0 saturated carbocycles. The van der Waals surface area contributed by atoms with Gasteiger partial charge in [-0.05, 0) is 61.4 Å². The summed E-state index contributed by atoms with van der Waals surface area (Å²) < 4.78 is 15.6. The van der Waals surface area contributed by atoms with Crippen molar-refractivity contribution in [2.75, 3.05) is 43.0 Å². The van der Waals surface area contributed by atoms with Crippen LogP contribution in [-0.4, -0.2) is 63.4 Å². The molecule has 0 unspecified atom stereocenters. The average Bonchev–Trinajstić information content (AvgIpc) is 3.57. The summed E-state index contributed by atoms with van der Waals surface area (Å²) >= 11 is 1.29. The molecule has 2 saturated heterocycles. The first-order valence-electron chi connectivity index (χ1n) is 14.3. The molecule has 2 fully saturated rings. The largest absolute Gasteiger partial charge is 0.355 e. The highest BCUT2D eigenvalue weighted by Gasteiger charge is 2.37. The van der Waals surface area contributed by atoms with Crippen LogP contribution in [0, 0.1) is 23.1 Å². The maximum absolute atomic E-state index is 13.5. The minimum absolute atomic E-state index is 0.0717. The second-order valence-corrected chi connectivity index (χ2v) is 11.9. The molecule has 0 radical (unpaired) electrons. The van der Waals surface area contributed by atoms with E-state index >= 15 is 0 Å². The van der Waals surface area contributed by atoms with E-state index in [0.29, 0.717) is 40.8 Å². The van der Waals surface area contributed by atoms with Crippen LogP contribution in [0.15, 0.2) is 60.9 Å². The summed E-state index contributed by atoms with van der Waals surface area (Å²) in [5.74, 6) is 1.75. The SMILES string of the molecule is CCc1nc2ccc(-c3ccc(N4CC(C(=O)N5CCC5)C4)nc3)cn2c1N(C)c1nc(-c2ccc(F)cc2)c(C#N)s1. The molecule has 1 amide bonds. The monoisotopic (exact) mass is 592 g/mol. The van der Waals surface area contributed by atoms with Gasteiger partial charge < -0.3 is 14.7 Å². The van der Waals surface area contributed by atoms with Gasteiger partial charge >= 0.3 is 0 Å². The van der Waals surface area contributed by atoms with Gasteiger partial charge in [-0.1, -0.05) is 18.3 Å². The van der Waals surface area contributed by atoms with E-state index in [0.717, 1.165) is 53.6 Å². The van der Waals surface area contributed by atoms with E-state index in [1.807, 2.05) is 41.2 Å². The molecule has 9 nitrogen and oxygen atoms in total. The highest BCUT2D eigenvalue weighted by atomic mass is 32.1. The third-order valence-electron chi connectivity index (χ3n) is 8.24. The number of fused-ring (bicyclic) bond motifs is 1. The number of imidazole rings is 1. The number of amides is 1. The molecule has 2 aliphatic rings. The van der Waals surface area contributed by atoms with Crippen LogP contribution in [0.4, 0.5) is 21.2 Å². The van der Waals surface area contributed by atoms with Crippen LogP contribution in [-0.2, 0) is 11.2 Å². The Kier molecular flexibility index (Phi) is 6.78. The molecule has 0 spiro atoms. The molecule has 1 aromatic carbocycles. The lowest BCUT2D eigenvalue weighted by molar-refractivity contribution is -0.139. The average molecular weight is 593 g/mol. The molecule has 4 aromatic heterocycles. The molecule has 0 N–H and O–H groups in total. The second kappa shape index (κ2) is 10.8. The summed E-state index contributed by atoms with van der Waals surface area (Å²) in [5, 5.41) is 10.5. The number of halogens is 1. The Hall–Kier alpha value is -4.82. The zero-order chi connectivity index (χ0) is 29.7. The molecule has 11 heteroatoms. The van der Waals surface area contributed by atoms with Gasteiger partial charge in [-0.25, -0.2) is 19.3 Å². The van der Waals surface area contributed by atoms with E-state index in [2.05, 4.69) is 34.6 Å². The van der Waals surface area contributed by atoms with E-state index < -0.39 is 0 Å². The molecule has 216 valence electrons. The van der Waals surface area contributed by atoms with E-state index in [-0.39, 0.29) is 17.6 Å². The molecule has 43 heavy (non-hydrogen) atoms. The Labute approximate surface area is 252 Å². The van der Waals surface area contributed by atoms with Crippen molar-refractivity contribution in [1.29, 1.82) is 5.26 Å². The van der Waals surface area contributed by atoms with Crippen LogP contribution >= 0.6 is 11.3 Å². The van der Waals surface area contributed by atoms with Gasteiger partial charge in [0, 0.05) is 62.3 Å². The molecule has 2 aliphatic heterocycles. The van der Waals surface area contributed by atoms with E-state index in [1.54, 1.807) is 12.1 Å². The number of nitrogens with zero attached hydrogens (tertiary/aromatic N) is 8. The fourth-order valence-electron chi connectivity index (χ4n) is 5.63. The third kappa shape index (κ3) is 4.77. The van der Waals surface area contributed by atoms with Crippen molar-refractivity contribution < 1.29 is 9.18 Å². The first-order chi connectivity index (χ1) is 20.9. The normalized spacial score (nSPS) is 14.8. The summed E-state index contributed by atoms with van der Waals surface area (Å²) in [4.78, 5) is 33.4. The minimum Gasteiger partial charge on any atom is -0.355 e. The number of nitriles is 1. The zero-order valence-corrected chi connectivity index (χ0v) is 24.7. The summed E-state index contributed by atoms with van der Waals surface area (Å²) in [6, 6.07) is 16.4. The smallest absolute Gasteiger partial charge is 0.229 e. The number of anilines is 3. The summed E-state index contributed by atoms with van der Waals surface area (Å²) in [6.45, 7) is 5.27. The van der Waals surface area contributed by atoms with Crippen LogP contribution in [0.5, 0.6) is 0 Å². The first kappa shape index (κ1) is 27.0. The highest BCUT2D eigenvalue weighted by molar-refractivity contribution is 7.16. The van der Waals surface area contributed by atoms with Gasteiger partial charge in [0.25, 0.3) is 0 Å². The Bertz CT molecular complexity index is 1860. The van der Waals surface area contributed by atoms with Gasteiger partial charge in [-0.3, -0.25) is 9.20 Å². The number of carbonyl (C=O) groups is 1. The van der Waals surface area contributed by atoms with Crippen molar-refractivity contribution in [1.82, 2.24) is 24.3 Å². The minimum atomic E-state index is -0.336. The number of carbonyl (C=O) groups excluding carboxylic acids is 1. The van der Waals surface area contributed by atoms with Crippen molar-refractivity contribution in [3.05, 3.63) is 77.3 Å². The van der Waals surface area contributed by atoms with Gasteiger partial charge in [0.2, 0.25) is 5.91 Å². The first-order valence-corrected chi connectivity index (χ1v) is 15.2. The van der Waals surface area contributed by atoms with E-state index in [1.165, 1.54) is 23.5 Å². The van der Waals surface area contributed by atoms with E-state index in [9.17, 15) is 14.4 Å². The number of rotatable bonds is 7. The van der Waals surface area contributed by atoms with Gasteiger partial charge in [0.1, 0.15) is 39.7 Å². The maximum Gasteiger partial charge on any atom is 0.229 e. The van der Waals surface area contributed by atoms with Crippen LogP contribution in [0.25, 0.3) is 28.0 Å². The zero-order valence-electron chi connectivity index (χ0n) is 23.9. The molecule has 0 aliphatic carbocycles. The highest BCUT2D eigenvalue weighted by Crippen LogP contribution is 2.37. The second-order valence-electron chi connectivity index (χ2n) is 10.9. The van der Waals surface area contributed by atoms with Gasteiger partial charge in [0.05, 0.1) is 11.6 Å². The number of pyridine rings is 2. The number of thiazole rings is 1. The fraction of sp³-hybridized carbons (Fsp3) is 0.281. The number of hydrogen-bond donors (Lipinski definition) is 0. The molecule has 0 bridgehead atoms. The third-order valence-corrected chi connectivity index (χ3v) is 9.28. The van der Waals surface area contributed by atoms with Crippen molar-refractivity contribution in [3.63, 3.8) is 0 Å². The topological polar surface area (TPSA) is 93.7 Å². The molecule has 6 heterocycles. The Morgan fingerprint density at radius 1 is 1.07 bits per heavy atom. The number of benzene rings is 1. The Balaban J connectivity index is 1.16. The Morgan fingerprint density at radius 2 is 1.81 bits per heavy atom. The lowest BCUT2D eigenvalue weighted by atomic mass is 9.96. The van der Waals surface area contributed by atoms with Crippen molar-refractivity contribution in [2.45, 2.75) is 19.8 Å². The van der Waals surface area contributed by atoms with Crippen LogP contribution in [0.3, 0.4) is 0 Å².